The van der Waals surface area contributed by atoms with Crippen molar-refractivity contribution in [1.29, 1.82) is 0 Å². The first-order valence-corrected chi connectivity index (χ1v) is 8.92. The van der Waals surface area contributed by atoms with Gasteiger partial charge in [0.1, 0.15) is 0 Å². The van der Waals surface area contributed by atoms with Gasteiger partial charge < -0.3 is 4.74 Å². The molecule has 23 heavy (non-hydrogen) atoms. The lowest BCUT2D eigenvalue weighted by atomic mass is 9.85. The molecular weight excluding hydrogens is 294 g/mol. The summed E-state index contributed by atoms with van der Waals surface area (Å²) in [6.07, 6.45) is 8.07. The normalized spacial score (nSPS) is 19.2. The Balaban J connectivity index is 2.43. The maximum atomic E-state index is 14.0. The number of hydrogen-bond acceptors (Lipinski definition) is 1. The molecule has 0 aliphatic heterocycles. The van der Waals surface area contributed by atoms with Gasteiger partial charge in [0.2, 0.25) is 0 Å². The summed E-state index contributed by atoms with van der Waals surface area (Å²) in [5.74, 6) is -0.321. The van der Waals surface area contributed by atoms with E-state index in [0.29, 0.717) is 12.3 Å². The van der Waals surface area contributed by atoms with Gasteiger partial charge in [-0.2, -0.15) is 4.39 Å². The first-order valence-electron chi connectivity index (χ1n) is 8.92. The van der Waals surface area contributed by atoms with Crippen LogP contribution in [-0.2, 0) is 4.74 Å². The molecule has 0 radical (unpaired) electrons. The Hall–Kier alpha value is -1.12. The Morgan fingerprint density at radius 1 is 1.09 bits per heavy atom. The molecule has 1 aliphatic carbocycles. The van der Waals surface area contributed by atoms with Crippen LogP contribution in [-0.4, -0.2) is 6.61 Å². The largest absolute Gasteiger partial charge is 0.491 e. The van der Waals surface area contributed by atoms with E-state index in [9.17, 15) is 8.78 Å². The minimum atomic E-state index is -1.02. The van der Waals surface area contributed by atoms with Crippen LogP contribution < -0.4 is 0 Å². The zero-order valence-electron chi connectivity index (χ0n) is 15.0. The molecular formula is C20H32F2O. The zero-order valence-corrected chi connectivity index (χ0v) is 15.0. The van der Waals surface area contributed by atoms with Crippen molar-refractivity contribution in [3.05, 3.63) is 36.1 Å². The second-order valence-electron chi connectivity index (χ2n) is 7.00. The summed E-state index contributed by atoms with van der Waals surface area (Å²) in [4.78, 5) is 0. The van der Waals surface area contributed by atoms with E-state index < -0.39 is 11.7 Å². The van der Waals surface area contributed by atoms with Gasteiger partial charge in [0.25, 0.3) is 0 Å². The first kappa shape index (κ1) is 19.9. The summed E-state index contributed by atoms with van der Waals surface area (Å²) in [6.45, 7) is 13.5. The van der Waals surface area contributed by atoms with Crippen LogP contribution in [0.15, 0.2) is 36.1 Å². The summed E-state index contributed by atoms with van der Waals surface area (Å²) in [5, 5.41) is 0. The zero-order chi connectivity index (χ0) is 17.4. The molecule has 1 fully saturated rings. The lowest BCUT2D eigenvalue weighted by Crippen LogP contribution is -2.09. The van der Waals surface area contributed by atoms with Gasteiger partial charge in [-0.05, 0) is 36.7 Å². The van der Waals surface area contributed by atoms with Crippen LogP contribution in [0.25, 0.3) is 0 Å². The average Bonchev–Trinajstić information content (AvgIpc) is 3.05. The number of halogens is 2. The molecule has 0 N–H and O–H groups in total. The molecule has 1 rings (SSSR count). The van der Waals surface area contributed by atoms with Gasteiger partial charge in [0, 0.05) is 0 Å². The summed E-state index contributed by atoms with van der Waals surface area (Å²) in [6, 6.07) is 0. The van der Waals surface area contributed by atoms with Crippen LogP contribution in [0.4, 0.5) is 8.78 Å². The van der Waals surface area contributed by atoms with E-state index in [0.717, 1.165) is 24.7 Å². The van der Waals surface area contributed by atoms with Crippen molar-refractivity contribution in [2.45, 2.75) is 65.7 Å². The van der Waals surface area contributed by atoms with Crippen molar-refractivity contribution < 1.29 is 13.5 Å². The Kier molecular flexibility index (Phi) is 8.57. The van der Waals surface area contributed by atoms with E-state index in [-0.39, 0.29) is 17.9 Å². The maximum absolute atomic E-state index is 14.0. The molecule has 1 nitrogen and oxygen atoms in total. The highest BCUT2D eigenvalue weighted by Crippen LogP contribution is 2.35. The second-order valence-corrected chi connectivity index (χ2v) is 7.00. The van der Waals surface area contributed by atoms with Crippen LogP contribution in [0.5, 0.6) is 0 Å². The summed E-state index contributed by atoms with van der Waals surface area (Å²) >= 11 is 0. The van der Waals surface area contributed by atoms with E-state index >= 15 is 0 Å². The number of allylic oxidation sites excluding steroid dienone is 3. The highest BCUT2D eigenvalue weighted by molar-refractivity contribution is 5.32. The fourth-order valence-electron chi connectivity index (χ4n) is 3.44. The monoisotopic (exact) mass is 326 g/mol. The summed E-state index contributed by atoms with van der Waals surface area (Å²) < 4.78 is 32.8. The summed E-state index contributed by atoms with van der Waals surface area (Å²) in [7, 11) is 0. The second kappa shape index (κ2) is 9.89. The van der Waals surface area contributed by atoms with Crippen LogP contribution in [0.1, 0.15) is 65.7 Å². The van der Waals surface area contributed by atoms with E-state index in [1.807, 2.05) is 0 Å². The summed E-state index contributed by atoms with van der Waals surface area (Å²) in [5.41, 5.74) is 0.198. The molecule has 0 aromatic heterocycles. The highest BCUT2D eigenvalue weighted by Gasteiger charge is 2.22. The van der Waals surface area contributed by atoms with Crippen LogP contribution in [0, 0.1) is 17.8 Å². The van der Waals surface area contributed by atoms with Gasteiger partial charge >= 0.3 is 0 Å². The average molecular weight is 326 g/mol. The predicted octanol–water partition coefficient (Wildman–Crippen LogP) is 6.88. The molecule has 0 bridgehead atoms. The third-order valence-corrected chi connectivity index (χ3v) is 4.98. The molecule has 0 saturated heterocycles. The molecule has 2 atom stereocenters. The first-order chi connectivity index (χ1) is 10.9. The highest BCUT2D eigenvalue weighted by atomic mass is 19.2. The third-order valence-electron chi connectivity index (χ3n) is 4.98. The molecule has 3 heteroatoms. The molecule has 0 amide bonds. The quantitative estimate of drug-likeness (QED) is 0.314. The van der Waals surface area contributed by atoms with Crippen molar-refractivity contribution in [3.63, 3.8) is 0 Å². The van der Waals surface area contributed by atoms with Crippen LogP contribution in [0.3, 0.4) is 0 Å². The van der Waals surface area contributed by atoms with Crippen LogP contribution >= 0.6 is 0 Å². The predicted molar refractivity (Wildman–Crippen MR) is 93.3 cm³/mol. The molecule has 132 valence electrons. The molecule has 0 spiro atoms. The minimum Gasteiger partial charge on any atom is -0.491 e. The number of rotatable bonds is 10. The Bertz CT molecular complexity index is 433. The van der Waals surface area contributed by atoms with E-state index in [1.165, 1.54) is 25.7 Å². The Morgan fingerprint density at radius 2 is 1.70 bits per heavy atom. The third kappa shape index (κ3) is 6.48. The Labute approximate surface area is 140 Å². The van der Waals surface area contributed by atoms with Gasteiger partial charge in [-0.3, -0.25) is 0 Å². The van der Waals surface area contributed by atoms with Crippen molar-refractivity contribution in [3.8, 4) is 0 Å². The van der Waals surface area contributed by atoms with Gasteiger partial charge in [0.05, 0.1) is 6.61 Å². The smallest absolute Gasteiger partial charge is 0.200 e. The van der Waals surface area contributed by atoms with Crippen molar-refractivity contribution >= 4 is 0 Å². The van der Waals surface area contributed by atoms with Crippen LogP contribution in [0.2, 0.25) is 0 Å². The SMILES string of the molecule is C=C(CC(C)CCC(C)C1CCCC1)/C(F)=C(/F)C(=C)OCC. The van der Waals surface area contributed by atoms with Gasteiger partial charge in [-0.1, -0.05) is 65.5 Å². The number of hydrogen-bond donors (Lipinski definition) is 0. The standard InChI is InChI=1S/C20H32F2O/c1-6-23-17(5)20(22)19(21)16(4)13-14(2)11-12-15(3)18-9-7-8-10-18/h14-15,18H,4-13H2,1-3H3/b20-19-. The van der Waals surface area contributed by atoms with Gasteiger partial charge in [0.15, 0.2) is 17.4 Å². The molecule has 0 aromatic rings. The topological polar surface area (TPSA) is 9.23 Å². The Morgan fingerprint density at radius 3 is 2.26 bits per heavy atom. The minimum absolute atomic E-state index is 0.198. The molecule has 2 unspecified atom stereocenters. The van der Waals surface area contributed by atoms with E-state index in [2.05, 4.69) is 27.0 Å². The lowest BCUT2D eigenvalue weighted by molar-refractivity contribution is 0.224. The maximum Gasteiger partial charge on any atom is 0.200 e. The van der Waals surface area contributed by atoms with Crippen molar-refractivity contribution in [1.82, 2.24) is 0 Å². The fourth-order valence-corrected chi connectivity index (χ4v) is 3.44. The van der Waals surface area contributed by atoms with Gasteiger partial charge in [-0.15, -0.1) is 0 Å². The van der Waals surface area contributed by atoms with E-state index in [4.69, 9.17) is 4.74 Å². The molecule has 1 aliphatic rings. The molecule has 1 saturated carbocycles. The lowest BCUT2D eigenvalue weighted by Gasteiger charge is -2.21. The molecule has 0 aromatic carbocycles. The number of ether oxygens (including phenoxy) is 1. The van der Waals surface area contributed by atoms with Gasteiger partial charge in [-0.25, -0.2) is 4.39 Å². The van der Waals surface area contributed by atoms with Crippen molar-refractivity contribution in [2.75, 3.05) is 6.61 Å². The molecule has 0 heterocycles. The van der Waals surface area contributed by atoms with Crippen molar-refractivity contribution in [2.24, 2.45) is 17.8 Å². The van der Waals surface area contributed by atoms with E-state index in [1.54, 1.807) is 6.92 Å². The fraction of sp³-hybridized carbons (Fsp3) is 0.700.